The minimum absolute atomic E-state index is 0.182. The minimum Gasteiger partial charge on any atom is -0.543 e. The highest BCUT2D eigenvalue weighted by Gasteiger charge is 2.11. The van der Waals surface area contributed by atoms with Crippen LogP contribution in [0.25, 0.3) is 10.9 Å². The third kappa shape index (κ3) is 2.32. The number of aryl methyl sites for hydroxylation is 3. The Labute approximate surface area is 111 Å². The van der Waals surface area contributed by atoms with Gasteiger partial charge in [0.1, 0.15) is 0 Å². The number of fused-ring (bicyclic) bond motifs is 1. The first kappa shape index (κ1) is 13.2. The van der Waals surface area contributed by atoms with Crippen molar-refractivity contribution in [3.05, 3.63) is 35.0 Å². The van der Waals surface area contributed by atoms with E-state index in [9.17, 15) is 9.90 Å². The molecule has 0 saturated heterocycles. The van der Waals surface area contributed by atoms with E-state index in [0.29, 0.717) is 19.4 Å². The summed E-state index contributed by atoms with van der Waals surface area (Å²) in [7, 11) is 0. The summed E-state index contributed by atoms with van der Waals surface area (Å²) in [5.41, 5.74) is 3.28. The topological polar surface area (TPSA) is 68.8 Å². The normalized spacial score (nSPS) is 10.6. The molecule has 0 aliphatic heterocycles. The molecule has 2 aromatic rings. The Balaban J connectivity index is 2.58. The molecule has 0 unspecified atom stereocenters. The molecule has 0 amide bonds. The van der Waals surface area contributed by atoms with Crippen molar-refractivity contribution in [3.8, 4) is 6.07 Å². The number of aromatic carboxylic acids is 1. The molecule has 19 heavy (non-hydrogen) atoms. The highest BCUT2D eigenvalue weighted by atomic mass is 16.4. The zero-order chi connectivity index (χ0) is 14.0. The maximum Gasteiger partial charge on any atom is 0.0880 e. The van der Waals surface area contributed by atoms with Gasteiger partial charge < -0.3 is 14.5 Å². The minimum atomic E-state index is -1.18. The number of hydrogen-bond donors (Lipinski definition) is 0. The molecule has 1 aromatic carbocycles. The molecule has 0 aliphatic rings. The number of carboxylic acid groups (broad SMARTS) is 1. The standard InChI is InChI=1S/C15H16N2O2/c1-10-5-6-13-12(11(10)2)9-14(15(18)19)17(13)8-4-3-7-16/h5-6,9H,3-4,8H2,1-2H3,(H,18,19)/p-1. The molecule has 0 atom stereocenters. The monoisotopic (exact) mass is 255 g/mol. The molecule has 0 aliphatic carbocycles. The molecule has 0 spiro atoms. The van der Waals surface area contributed by atoms with Crippen LogP contribution in [-0.4, -0.2) is 10.5 Å². The Morgan fingerprint density at radius 2 is 2.16 bits per heavy atom. The second-order valence-corrected chi connectivity index (χ2v) is 4.67. The number of hydrogen-bond acceptors (Lipinski definition) is 3. The van der Waals surface area contributed by atoms with Gasteiger partial charge in [-0.15, -0.1) is 0 Å². The molecule has 1 heterocycles. The number of nitrogens with zero attached hydrogens (tertiary/aromatic N) is 2. The first-order valence-electron chi connectivity index (χ1n) is 6.24. The quantitative estimate of drug-likeness (QED) is 0.784. The highest BCUT2D eigenvalue weighted by Crippen LogP contribution is 2.25. The van der Waals surface area contributed by atoms with Crippen molar-refractivity contribution in [2.75, 3.05) is 0 Å². The molecule has 1 aromatic heterocycles. The van der Waals surface area contributed by atoms with Crippen molar-refractivity contribution in [2.24, 2.45) is 0 Å². The number of rotatable bonds is 4. The fourth-order valence-corrected chi connectivity index (χ4v) is 2.31. The number of unbranched alkanes of at least 4 members (excludes halogenated alkanes) is 1. The fraction of sp³-hybridized carbons (Fsp3) is 0.333. The van der Waals surface area contributed by atoms with Crippen LogP contribution in [-0.2, 0) is 6.54 Å². The second kappa shape index (κ2) is 5.15. The molecule has 0 saturated carbocycles. The van der Waals surface area contributed by atoms with Crippen LogP contribution in [0.1, 0.15) is 34.5 Å². The van der Waals surface area contributed by atoms with Crippen LogP contribution in [0.3, 0.4) is 0 Å². The van der Waals surface area contributed by atoms with E-state index in [0.717, 1.165) is 22.0 Å². The summed E-state index contributed by atoms with van der Waals surface area (Å²) in [6.07, 6.45) is 1.05. The third-order valence-corrected chi connectivity index (χ3v) is 3.50. The number of carbonyl (C=O) groups is 1. The summed E-state index contributed by atoms with van der Waals surface area (Å²) in [6.45, 7) is 4.50. The van der Waals surface area contributed by atoms with Crippen LogP contribution in [0.4, 0.5) is 0 Å². The highest BCUT2D eigenvalue weighted by molar-refractivity contribution is 5.95. The first-order valence-corrected chi connectivity index (χ1v) is 6.24. The second-order valence-electron chi connectivity index (χ2n) is 4.67. The average molecular weight is 255 g/mol. The Hall–Kier alpha value is -2.28. The maximum absolute atomic E-state index is 11.2. The van der Waals surface area contributed by atoms with Crippen molar-refractivity contribution in [1.82, 2.24) is 4.57 Å². The molecule has 2 rings (SSSR count). The summed E-state index contributed by atoms with van der Waals surface area (Å²) in [4.78, 5) is 11.2. The SMILES string of the molecule is Cc1ccc2c(cc(C(=O)[O-])n2CCCC#N)c1C. The summed E-state index contributed by atoms with van der Waals surface area (Å²) >= 11 is 0. The molecule has 4 heteroatoms. The van der Waals surface area contributed by atoms with Gasteiger partial charge in [-0.05, 0) is 43.5 Å². The maximum atomic E-state index is 11.2. The number of nitriles is 1. The molecular weight excluding hydrogens is 240 g/mol. The number of aromatic nitrogens is 1. The molecule has 4 nitrogen and oxygen atoms in total. The fourth-order valence-electron chi connectivity index (χ4n) is 2.31. The van der Waals surface area contributed by atoms with E-state index in [2.05, 4.69) is 6.07 Å². The predicted octanol–water partition coefficient (Wildman–Crippen LogP) is 1.93. The lowest BCUT2D eigenvalue weighted by molar-refractivity contribution is -0.255. The molecule has 0 N–H and O–H groups in total. The van der Waals surface area contributed by atoms with Crippen LogP contribution in [0.15, 0.2) is 18.2 Å². The van der Waals surface area contributed by atoms with Gasteiger partial charge in [-0.3, -0.25) is 0 Å². The lowest BCUT2D eigenvalue weighted by atomic mass is 10.1. The van der Waals surface area contributed by atoms with Gasteiger partial charge in [-0.1, -0.05) is 6.07 Å². The Kier molecular flexibility index (Phi) is 3.57. The van der Waals surface area contributed by atoms with Crippen molar-refractivity contribution in [3.63, 3.8) is 0 Å². The summed E-state index contributed by atoms with van der Waals surface area (Å²) in [5.74, 6) is -1.18. The van der Waals surface area contributed by atoms with Crippen molar-refractivity contribution >= 4 is 16.9 Å². The third-order valence-electron chi connectivity index (χ3n) is 3.50. The van der Waals surface area contributed by atoms with Gasteiger partial charge in [0.25, 0.3) is 0 Å². The molecule has 98 valence electrons. The molecule has 0 radical (unpaired) electrons. The van der Waals surface area contributed by atoms with E-state index in [-0.39, 0.29) is 5.69 Å². The lowest BCUT2D eigenvalue weighted by Crippen LogP contribution is -2.25. The number of benzene rings is 1. The van der Waals surface area contributed by atoms with E-state index in [4.69, 9.17) is 5.26 Å². The van der Waals surface area contributed by atoms with Gasteiger partial charge in [0.05, 0.1) is 17.7 Å². The lowest BCUT2D eigenvalue weighted by Gasteiger charge is -2.10. The number of carbonyl (C=O) groups excluding carboxylic acids is 1. The van der Waals surface area contributed by atoms with Crippen LogP contribution in [0.2, 0.25) is 0 Å². The van der Waals surface area contributed by atoms with E-state index in [1.807, 2.05) is 26.0 Å². The van der Waals surface area contributed by atoms with Gasteiger partial charge >= 0.3 is 0 Å². The summed E-state index contributed by atoms with van der Waals surface area (Å²) in [6, 6.07) is 7.65. The zero-order valence-electron chi connectivity index (χ0n) is 11.1. The van der Waals surface area contributed by atoms with Crippen LogP contribution in [0.5, 0.6) is 0 Å². The average Bonchev–Trinajstić information content (AvgIpc) is 2.74. The van der Waals surface area contributed by atoms with Crippen LogP contribution >= 0.6 is 0 Å². The van der Waals surface area contributed by atoms with E-state index < -0.39 is 5.97 Å². The van der Waals surface area contributed by atoms with Gasteiger partial charge in [0, 0.05) is 23.9 Å². The van der Waals surface area contributed by atoms with E-state index >= 15 is 0 Å². The van der Waals surface area contributed by atoms with Crippen LogP contribution < -0.4 is 5.11 Å². The predicted molar refractivity (Wildman–Crippen MR) is 70.6 cm³/mol. The van der Waals surface area contributed by atoms with Crippen molar-refractivity contribution in [2.45, 2.75) is 33.2 Å². The first-order chi connectivity index (χ1) is 9.06. The van der Waals surface area contributed by atoms with E-state index in [1.165, 1.54) is 0 Å². The number of carboxylic acids is 1. The summed E-state index contributed by atoms with van der Waals surface area (Å²) < 4.78 is 1.73. The van der Waals surface area contributed by atoms with Gasteiger partial charge in [-0.25, -0.2) is 0 Å². The van der Waals surface area contributed by atoms with E-state index in [1.54, 1.807) is 10.6 Å². The largest absolute Gasteiger partial charge is 0.543 e. The van der Waals surface area contributed by atoms with Gasteiger partial charge in [0.2, 0.25) is 0 Å². The Bertz CT molecular complexity index is 677. The zero-order valence-corrected chi connectivity index (χ0v) is 11.1. The molecule has 0 bridgehead atoms. The van der Waals surface area contributed by atoms with Gasteiger partial charge in [-0.2, -0.15) is 5.26 Å². The molecule has 0 fully saturated rings. The van der Waals surface area contributed by atoms with Gasteiger partial charge in [0.15, 0.2) is 0 Å². The van der Waals surface area contributed by atoms with Crippen molar-refractivity contribution < 1.29 is 9.90 Å². The summed E-state index contributed by atoms with van der Waals surface area (Å²) in [5, 5.41) is 20.7. The Morgan fingerprint density at radius 3 is 2.79 bits per heavy atom. The smallest absolute Gasteiger partial charge is 0.0880 e. The molecular formula is C15H15N2O2-. The van der Waals surface area contributed by atoms with Crippen LogP contribution in [0, 0.1) is 25.2 Å². The van der Waals surface area contributed by atoms with Crippen molar-refractivity contribution in [1.29, 1.82) is 5.26 Å². The Morgan fingerprint density at radius 1 is 1.42 bits per heavy atom.